The zero-order valence-electron chi connectivity index (χ0n) is 32.0. The van der Waals surface area contributed by atoms with Crippen LogP contribution in [0.15, 0.2) is 36.2 Å². The molecule has 11 aliphatic rings. The molecule has 1 aromatic rings. The number of allylic oxidation sites excluding steroid dienone is 1. The molecule has 3 heterocycles. The summed E-state index contributed by atoms with van der Waals surface area (Å²) in [5, 5.41) is 3.82. The van der Waals surface area contributed by atoms with E-state index >= 15 is 0 Å². The molecule has 280 valence electrons. The molecule has 3 spiro atoms. The number of hydrogen-bond acceptors (Lipinski definition) is 7. The van der Waals surface area contributed by atoms with Crippen LogP contribution in [-0.4, -0.2) is 70.2 Å². The van der Waals surface area contributed by atoms with Gasteiger partial charge in [0.1, 0.15) is 0 Å². The molecule has 3 saturated heterocycles. The minimum atomic E-state index is 0.633. The zero-order chi connectivity index (χ0) is 35.1. The summed E-state index contributed by atoms with van der Waals surface area (Å²) in [5.41, 5.74) is 19.5. The molecule has 3 aliphatic heterocycles. The number of hydrogen-bond donors (Lipinski definition) is 4. The van der Waals surface area contributed by atoms with Crippen LogP contribution in [0, 0.1) is 99.1 Å². The highest BCUT2D eigenvalue weighted by atomic mass is 32.1. The van der Waals surface area contributed by atoms with Gasteiger partial charge in [-0.2, -0.15) is 0 Å². The van der Waals surface area contributed by atoms with Gasteiger partial charge in [-0.3, -0.25) is 0 Å². The van der Waals surface area contributed by atoms with Crippen molar-refractivity contribution in [3.8, 4) is 0 Å². The standard InChI is InChI=1S/C45H64N6S/c1-49-14-8-24(9-15-49)28-19-29-38-40(26-10-16-50(2)17-11-26)45-42(33-20-31(28)43(33,45)39(29)25-6-12-48-13-7-25)34-21-32-30(41(38)44(32,34)45)23-51(3)36-18-27(37(52)22-46)4-5-35(36)47/h4-5,18,22-26,28-29,31-34,38-42,48,52H,6-17,19-21,46-47H2,1-3H3/b30-23+,37-22-. The van der Waals surface area contributed by atoms with Gasteiger partial charge in [0, 0.05) is 24.4 Å². The predicted molar refractivity (Wildman–Crippen MR) is 214 cm³/mol. The maximum absolute atomic E-state index is 6.74. The van der Waals surface area contributed by atoms with Gasteiger partial charge in [0.05, 0.1) is 11.4 Å². The Balaban J connectivity index is 1.01. The summed E-state index contributed by atoms with van der Waals surface area (Å²) in [6, 6.07) is 6.32. The number of thiol groups is 1. The van der Waals surface area contributed by atoms with E-state index in [1.807, 2.05) is 5.57 Å². The van der Waals surface area contributed by atoms with Gasteiger partial charge >= 0.3 is 0 Å². The lowest BCUT2D eigenvalue weighted by Gasteiger charge is -3.01. The van der Waals surface area contributed by atoms with Gasteiger partial charge in [0.25, 0.3) is 0 Å². The van der Waals surface area contributed by atoms with Crippen molar-refractivity contribution in [3.05, 3.63) is 41.7 Å². The van der Waals surface area contributed by atoms with Crippen molar-refractivity contribution < 1.29 is 0 Å². The number of piperidine rings is 3. The van der Waals surface area contributed by atoms with Crippen molar-refractivity contribution in [3.63, 3.8) is 0 Å². The Morgan fingerprint density at radius 1 is 0.827 bits per heavy atom. The van der Waals surface area contributed by atoms with Crippen molar-refractivity contribution in [2.24, 2.45) is 105 Å². The minimum absolute atomic E-state index is 0.633. The van der Waals surface area contributed by atoms with Crippen LogP contribution in [0.4, 0.5) is 11.4 Å². The number of rotatable bonds is 6. The zero-order valence-corrected chi connectivity index (χ0v) is 32.9. The second kappa shape index (κ2) is 10.8. The topological polar surface area (TPSA) is 73.8 Å². The summed E-state index contributed by atoms with van der Waals surface area (Å²) < 4.78 is 0. The molecular formula is C45H64N6S. The monoisotopic (exact) mass is 720 g/mol. The molecule has 12 rings (SSSR count). The van der Waals surface area contributed by atoms with E-state index in [-0.39, 0.29) is 0 Å². The van der Waals surface area contributed by atoms with E-state index in [0.29, 0.717) is 16.2 Å². The fraction of sp³-hybridized carbons (Fsp3) is 0.778. The van der Waals surface area contributed by atoms with Gasteiger partial charge < -0.3 is 31.5 Å². The maximum atomic E-state index is 6.74. The van der Waals surface area contributed by atoms with Gasteiger partial charge in [-0.05, 0) is 234 Å². The van der Waals surface area contributed by atoms with E-state index < -0.39 is 0 Å². The summed E-state index contributed by atoms with van der Waals surface area (Å²) in [4.78, 5) is 8.51. The first-order chi connectivity index (χ1) is 25.3. The second-order valence-corrected chi connectivity index (χ2v) is 21.2. The van der Waals surface area contributed by atoms with E-state index in [4.69, 9.17) is 11.5 Å². The van der Waals surface area contributed by atoms with E-state index in [9.17, 15) is 0 Å². The Morgan fingerprint density at radius 2 is 1.50 bits per heavy atom. The highest BCUT2D eigenvalue weighted by molar-refractivity contribution is 7.90. The number of fused-ring (bicyclic) bond motifs is 6. The molecule has 4 bridgehead atoms. The van der Waals surface area contributed by atoms with Crippen LogP contribution in [0.2, 0.25) is 0 Å². The molecule has 14 atom stereocenters. The summed E-state index contributed by atoms with van der Waals surface area (Å²) in [5.74, 6) is 13.6. The molecular weight excluding hydrogens is 657 g/mol. The number of likely N-dealkylation sites (tertiary alicyclic amines) is 2. The van der Waals surface area contributed by atoms with Crippen molar-refractivity contribution in [2.75, 3.05) is 71.0 Å². The van der Waals surface area contributed by atoms with E-state index in [2.05, 4.69) is 78.2 Å². The first-order valence-electron chi connectivity index (χ1n) is 21.8. The lowest BCUT2D eigenvalue weighted by Crippen LogP contribution is -2.98. The molecule has 1 aromatic carbocycles. The number of nitrogens with one attached hydrogen (secondary N) is 1. The minimum Gasteiger partial charge on any atom is -0.404 e. The van der Waals surface area contributed by atoms with Crippen LogP contribution in [-0.2, 0) is 0 Å². The Bertz CT molecular complexity index is 1740. The first kappa shape index (κ1) is 32.6. The number of nitrogens with two attached hydrogens (primary N) is 2. The molecule has 0 aromatic heterocycles. The van der Waals surface area contributed by atoms with Crippen LogP contribution in [0.1, 0.15) is 63.4 Å². The average Bonchev–Trinajstić information content (AvgIpc) is 3.39. The molecule has 7 heteroatoms. The fourth-order valence-corrected chi connectivity index (χ4v) is 19.5. The maximum Gasteiger partial charge on any atom is 0.0643 e. The molecule has 8 saturated carbocycles. The molecule has 0 amide bonds. The van der Waals surface area contributed by atoms with Crippen molar-refractivity contribution >= 4 is 28.9 Å². The summed E-state index contributed by atoms with van der Waals surface area (Å²) in [6.07, 6.45) is 17.7. The molecule has 11 fully saturated rings. The van der Waals surface area contributed by atoms with E-state index in [1.54, 1.807) is 19.0 Å². The van der Waals surface area contributed by atoms with Gasteiger partial charge in [-0.25, -0.2) is 0 Å². The smallest absolute Gasteiger partial charge is 0.0643 e. The quantitative estimate of drug-likeness (QED) is 0.200. The van der Waals surface area contributed by atoms with Crippen LogP contribution in [0.25, 0.3) is 4.91 Å². The number of nitrogens with zero attached hydrogens (tertiary/aromatic N) is 3. The normalized spacial score (nSPS) is 51.3. The molecule has 5 N–H and O–H groups in total. The molecule has 6 nitrogen and oxygen atoms in total. The fourth-order valence-electron chi connectivity index (χ4n) is 19.4. The van der Waals surface area contributed by atoms with E-state index in [1.165, 1.54) is 84.2 Å². The van der Waals surface area contributed by atoms with Gasteiger partial charge in [-0.15, -0.1) is 12.6 Å². The van der Waals surface area contributed by atoms with Crippen molar-refractivity contribution in [2.45, 2.75) is 57.8 Å². The van der Waals surface area contributed by atoms with Crippen LogP contribution >= 0.6 is 12.6 Å². The summed E-state index contributed by atoms with van der Waals surface area (Å²) in [7, 11) is 7.05. The molecule has 52 heavy (non-hydrogen) atoms. The second-order valence-electron chi connectivity index (χ2n) is 20.7. The molecule has 14 unspecified atom stereocenters. The Kier molecular flexibility index (Phi) is 6.76. The van der Waals surface area contributed by atoms with Gasteiger partial charge in [0.2, 0.25) is 0 Å². The average molecular weight is 721 g/mol. The lowest BCUT2D eigenvalue weighted by molar-refractivity contribution is -0.542. The molecule has 0 radical (unpaired) electrons. The largest absolute Gasteiger partial charge is 0.404 e. The highest BCUT2D eigenvalue weighted by Crippen LogP contribution is 3.10. The van der Waals surface area contributed by atoms with Gasteiger partial charge in [-0.1, -0.05) is 6.07 Å². The SMILES string of the molecule is CN1CCC(C2CC3C4C5/C(=C/N(C)c6cc(/C(S)=C/N)ccc6N)C6CC7C8C9CC2C9(C3C2CCNCC2)C8(C4C2CCN(C)CC2)C675)CC1. The van der Waals surface area contributed by atoms with Crippen LogP contribution in [0.5, 0.6) is 0 Å². The molecule has 8 aliphatic carbocycles. The number of nitrogen functional groups attached to an aromatic ring is 1. The highest BCUT2D eigenvalue weighted by Gasteiger charge is 3.07. The van der Waals surface area contributed by atoms with Crippen LogP contribution < -0.4 is 21.7 Å². The third-order valence-electron chi connectivity index (χ3n) is 20.1. The summed E-state index contributed by atoms with van der Waals surface area (Å²) >= 11 is 4.68. The van der Waals surface area contributed by atoms with Crippen LogP contribution in [0.3, 0.4) is 0 Å². The van der Waals surface area contributed by atoms with Gasteiger partial charge in [0.15, 0.2) is 0 Å². The third kappa shape index (κ3) is 3.37. The first-order valence-corrected chi connectivity index (χ1v) is 22.3. The Labute approximate surface area is 318 Å². The van der Waals surface area contributed by atoms with Crippen molar-refractivity contribution in [1.29, 1.82) is 0 Å². The predicted octanol–water partition coefficient (Wildman–Crippen LogP) is 6.48. The Morgan fingerprint density at radius 3 is 2.21 bits per heavy atom. The number of anilines is 2. The van der Waals surface area contributed by atoms with E-state index in [0.717, 1.165) is 105 Å². The third-order valence-corrected chi connectivity index (χ3v) is 20.6. The van der Waals surface area contributed by atoms with Crippen molar-refractivity contribution in [1.82, 2.24) is 15.1 Å². The number of benzene rings is 1. The summed E-state index contributed by atoms with van der Waals surface area (Å²) in [6.45, 7) is 7.84. The lowest BCUT2D eigenvalue weighted by atomic mass is 9.02. The Hall–Kier alpha value is -1.67.